The van der Waals surface area contributed by atoms with Crippen molar-refractivity contribution in [2.75, 3.05) is 0 Å². The zero-order chi connectivity index (χ0) is 27.6. The Morgan fingerprint density at radius 2 is 0.976 bits per heavy atom. The van der Waals surface area contributed by atoms with E-state index >= 15 is 0 Å². The predicted molar refractivity (Wildman–Crippen MR) is 180 cm³/mol. The van der Waals surface area contributed by atoms with Crippen LogP contribution >= 0.6 is 15.9 Å². The molecule has 0 N–H and O–H groups in total. The molecule has 1 unspecified atom stereocenters. The fourth-order valence-corrected chi connectivity index (χ4v) is 8.72. The van der Waals surface area contributed by atoms with Crippen molar-refractivity contribution in [3.63, 3.8) is 0 Å². The molecule has 194 valence electrons. The minimum atomic E-state index is -0.481. The second-order valence-electron chi connectivity index (χ2n) is 11.7. The van der Waals surface area contributed by atoms with E-state index in [-0.39, 0.29) is 0 Å². The van der Waals surface area contributed by atoms with Gasteiger partial charge in [-0.15, -0.1) is 0 Å². The molecular formula is C41H23Br. The Morgan fingerprint density at radius 1 is 0.381 bits per heavy atom. The maximum atomic E-state index is 3.90. The Labute approximate surface area is 252 Å². The van der Waals surface area contributed by atoms with Crippen molar-refractivity contribution in [1.29, 1.82) is 0 Å². The Balaban J connectivity index is 1.49. The maximum Gasteiger partial charge on any atom is 0.0726 e. The summed E-state index contributed by atoms with van der Waals surface area (Å²) in [6.45, 7) is 0. The molecule has 2 aliphatic rings. The Morgan fingerprint density at radius 3 is 1.74 bits per heavy atom. The molecule has 0 bridgehead atoms. The molecule has 0 fully saturated rings. The first-order chi connectivity index (χ1) is 20.7. The van der Waals surface area contributed by atoms with E-state index in [4.69, 9.17) is 0 Å². The van der Waals surface area contributed by atoms with Crippen LogP contribution in [0.1, 0.15) is 22.3 Å². The summed E-state index contributed by atoms with van der Waals surface area (Å²) >= 11 is 3.90. The predicted octanol–water partition coefficient (Wildman–Crippen LogP) is 11.4. The third kappa shape index (κ3) is 2.64. The van der Waals surface area contributed by atoms with Gasteiger partial charge in [-0.25, -0.2) is 0 Å². The molecule has 8 aromatic carbocycles. The van der Waals surface area contributed by atoms with Crippen LogP contribution in [0.2, 0.25) is 0 Å². The smallest absolute Gasteiger partial charge is 0.0619 e. The van der Waals surface area contributed by atoms with Crippen molar-refractivity contribution in [1.82, 2.24) is 0 Å². The minimum absolute atomic E-state index is 0.481. The van der Waals surface area contributed by atoms with E-state index in [1.807, 2.05) is 0 Å². The number of halogens is 1. The van der Waals surface area contributed by atoms with Gasteiger partial charge >= 0.3 is 0 Å². The van der Waals surface area contributed by atoms with Crippen molar-refractivity contribution in [3.8, 4) is 33.4 Å². The highest BCUT2D eigenvalue weighted by atomic mass is 79.9. The Kier molecular flexibility index (Phi) is 4.35. The third-order valence-corrected chi connectivity index (χ3v) is 10.4. The van der Waals surface area contributed by atoms with Crippen LogP contribution in [0.15, 0.2) is 144 Å². The number of fused-ring (bicyclic) bond motifs is 13. The zero-order valence-electron chi connectivity index (χ0n) is 22.7. The standard InChI is InChI=1S/C41H23Br/c42-27-19-21-31-29-11-2-1-10-28(29)30-12-3-5-14-34(30)41(36(31)23-27)35-15-6-4-13-32(35)40-33-20-18-25-9-7-8-24-16-17-26(22-37(40)41)39(33)38(24)25/h1-23H. The highest BCUT2D eigenvalue weighted by Gasteiger charge is 2.50. The molecule has 42 heavy (non-hydrogen) atoms. The van der Waals surface area contributed by atoms with Crippen LogP contribution in [0.5, 0.6) is 0 Å². The van der Waals surface area contributed by atoms with E-state index in [9.17, 15) is 0 Å². The van der Waals surface area contributed by atoms with Crippen LogP contribution in [-0.2, 0) is 5.41 Å². The van der Waals surface area contributed by atoms with Gasteiger partial charge in [0, 0.05) is 4.47 Å². The summed E-state index contributed by atoms with van der Waals surface area (Å²) in [7, 11) is 0. The van der Waals surface area contributed by atoms with Crippen molar-refractivity contribution in [2.45, 2.75) is 5.41 Å². The summed E-state index contributed by atoms with van der Waals surface area (Å²) in [4.78, 5) is 0. The lowest BCUT2D eigenvalue weighted by Gasteiger charge is -2.35. The van der Waals surface area contributed by atoms with E-state index in [1.54, 1.807) is 0 Å². The van der Waals surface area contributed by atoms with E-state index in [0.717, 1.165) is 4.47 Å². The van der Waals surface area contributed by atoms with Gasteiger partial charge in [0.25, 0.3) is 0 Å². The summed E-state index contributed by atoms with van der Waals surface area (Å²) < 4.78 is 1.10. The van der Waals surface area contributed by atoms with Gasteiger partial charge in [0.05, 0.1) is 5.41 Å². The molecule has 1 atom stereocenters. The number of rotatable bonds is 0. The summed E-state index contributed by atoms with van der Waals surface area (Å²) in [6, 6.07) is 52.6. The summed E-state index contributed by atoms with van der Waals surface area (Å²) in [5.41, 5.74) is 12.8. The molecule has 0 amide bonds. The quantitative estimate of drug-likeness (QED) is 0.153. The first-order valence-corrected chi connectivity index (χ1v) is 15.3. The molecular weight excluding hydrogens is 572 g/mol. The largest absolute Gasteiger partial charge is 0.0726 e. The van der Waals surface area contributed by atoms with Gasteiger partial charge in [0.15, 0.2) is 0 Å². The third-order valence-electron chi connectivity index (χ3n) is 9.88. The van der Waals surface area contributed by atoms with Gasteiger partial charge in [0.1, 0.15) is 0 Å². The highest BCUT2D eigenvalue weighted by Crippen LogP contribution is 2.63. The molecule has 2 aliphatic carbocycles. The number of benzene rings is 8. The zero-order valence-corrected chi connectivity index (χ0v) is 24.2. The average Bonchev–Trinajstić information content (AvgIpc) is 3.28. The molecule has 0 saturated carbocycles. The van der Waals surface area contributed by atoms with Gasteiger partial charge in [-0.05, 0) is 106 Å². The summed E-state index contributed by atoms with van der Waals surface area (Å²) in [5.74, 6) is 0. The maximum absolute atomic E-state index is 3.90. The van der Waals surface area contributed by atoms with Crippen LogP contribution in [0.3, 0.4) is 0 Å². The van der Waals surface area contributed by atoms with Crippen LogP contribution in [0.4, 0.5) is 0 Å². The molecule has 8 aromatic rings. The van der Waals surface area contributed by atoms with E-state index in [2.05, 4.69) is 155 Å². The second kappa shape index (κ2) is 7.97. The van der Waals surface area contributed by atoms with Gasteiger partial charge < -0.3 is 0 Å². The average molecular weight is 596 g/mol. The first kappa shape index (κ1) is 22.9. The van der Waals surface area contributed by atoms with E-state index < -0.39 is 5.41 Å². The van der Waals surface area contributed by atoms with Crippen molar-refractivity contribution < 1.29 is 0 Å². The lowest BCUT2D eigenvalue weighted by atomic mass is 9.65. The normalized spacial score (nSPS) is 16.3. The van der Waals surface area contributed by atoms with Crippen molar-refractivity contribution >= 4 is 48.2 Å². The molecule has 10 rings (SSSR count). The lowest BCUT2D eigenvalue weighted by Crippen LogP contribution is -2.29. The molecule has 0 nitrogen and oxygen atoms in total. The van der Waals surface area contributed by atoms with Crippen molar-refractivity contribution in [3.05, 3.63) is 166 Å². The molecule has 1 heteroatoms. The van der Waals surface area contributed by atoms with E-state index in [1.165, 1.54) is 88.0 Å². The van der Waals surface area contributed by atoms with Crippen LogP contribution in [-0.4, -0.2) is 0 Å². The van der Waals surface area contributed by atoms with Crippen LogP contribution < -0.4 is 0 Å². The summed E-state index contributed by atoms with van der Waals surface area (Å²) in [5, 5.41) is 7.98. The fourth-order valence-electron chi connectivity index (χ4n) is 8.35. The van der Waals surface area contributed by atoms with Crippen molar-refractivity contribution in [2.24, 2.45) is 0 Å². The Bertz CT molecular complexity index is 2410. The molecule has 0 aromatic heterocycles. The Hall–Kier alpha value is -4.72. The first-order valence-electron chi connectivity index (χ1n) is 14.6. The number of hydrogen-bond acceptors (Lipinski definition) is 0. The van der Waals surface area contributed by atoms with Gasteiger partial charge in [-0.2, -0.15) is 0 Å². The van der Waals surface area contributed by atoms with Gasteiger partial charge in [-0.1, -0.05) is 137 Å². The topological polar surface area (TPSA) is 0 Å². The SMILES string of the molecule is Brc1ccc2c(c1)C1(c3ccccc3-c3ccccc3-2)c2ccccc2-c2c1cc1ccc3cccc4ccc2c1c34. The van der Waals surface area contributed by atoms with Gasteiger partial charge in [0.2, 0.25) is 0 Å². The lowest BCUT2D eigenvalue weighted by molar-refractivity contribution is 0.776. The van der Waals surface area contributed by atoms with Gasteiger partial charge in [-0.3, -0.25) is 0 Å². The van der Waals surface area contributed by atoms with Crippen LogP contribution in [0, 0.1) is 0 Å². The second-order valence-corrected chi connectivity index (χ2v) is 12.6. The highest BCUT2D eigenvalue weighted by molar-refractivity contribution is 9.10. The molecule has 1 spiro atoms. The van der Waals surface area contributed by atoms with E-state index in [0.29, 0.717) is 0 Å². The minimum Gasteiger partial charge on any atom is -0.0619 e. The fraction of sp³-hybridized carbons (Fsp3) is 0.0244. The number of hydrogen-bond donors (Lipinski definition) is 0. The monoisotopic (exact) mass is 594 g/mol. The molecule has 0 aliphatic heterocycles. The van der Waals surface area contributed by atoms with Crippen LogP contribution in [0.25, 0.3) is 65.7 Å². The summed E-state index contributed by atoms with van der Waals surface area (Å²) in [6.07, 6.45) is 0. The molecule has 0 saturated heterocycles. The molecule has 0 heterocycles. The molecule has 0 radical (unpaired) electrons.